The molecule has 92 valence electrons. The standard InChI is InChI=1S/C15H13BrOS/c16-13-8-9-18-15(13)14(17)12-7-2-1-6-11(12)10-4-3-5-10/h1-2,6-10H,3-5H2. The molecule has 0 amide bonds. The van der Waals surface area contributed by atoms with Gasteiger partial charge in [-0.15, -0.1) is 11.3 Å². The van der Waals surface area contributed by atoms with E-state index in [1.807, 2.05) is 29.6 Å². The minimum absolute atomic E-state index is 0.152. The zero-order valence-corrected chi connectivity index (χ0v) is 12.3. The van der Waals surface area contributed by atoms with Crippen molar-refractivity contribution < 1.29 is 4.79 Å². The molecule has 3 heteroatoms. The van der Waals surface area contributed by atoms with E-state index < -0.39 is 0 Å². The van der Waals surface area contributed by atoms with Gasteiger partial charge in [0.15, 0.2) is 0 Å². The second kappa shape index (κ2) is 4.98. The molecule has 1 aliphatic carbocycles. The molecule has 2 aromatic rings. The van der Waals surface area contributed by atoms with Crippen molar-refractivity contribution in [2.45, 2.75) is 25.2 Å². The van der Waals surface area contributed by atoms with E-state index in [9.17, 15) is 4.79 Å². The zero-order chi connectivity index (χ0) is 12.5. The maximum absolute atomic E-state index is 12.6. The first-order valence-electron chi connectivity index (χ1n) is 6.14. The van der Waals surface area contributed by atoms with Crippen LogP contribution in [-0.4, -0.2) is 5.78 Å². The van der Waals surface area contributed by atoms with E-state index in [-0.39, 0.29) is 5.78 Å². The molecule has 1 saturated carbocycles. The van der Waals surface area contributed by atoms with E-state index in [0.29, 0.717) is 5.92 Å². The van der Waals surface area contributed by atoms with Gasteiger partial charge < -0.3 is 0 Å². The van der Waals surface area contributed by atoms with Gasteiger partial charge in [-0.25, -0.2) is 0 Å². The first kappa shape index (κ1) is 12.1. The van der Waals surface area contributed by atoms with Gasteiger partial charge in [0.25, 0.3) is 0 Å². The highest BCUT2D eigenvalue weighted by molar-refractivity contribution is 9.10. The van der Waals surface area contributed by atoms with Crippen LogP contribution in [0.3, 0.4) is 0 Å². The van der Waals surface area contributed by atoms with Gasteiger partial charge >= 0.3 is 0 Å². The number of hydrogen-bond acceptors (Lipinski definition) is 2. The van der Waals surface area contributed by atoms with Crippen molar-refractivity contribution in [3.63, 3.8) is 0 Å². The van der Waals surface area contributed by atoms with Crippen LogP contribution in [0.25, 0.3) is 0 Å². The SMILES string of the molecule is O=C(c1ccccc1C1CCC1)c1sccc1Br. The second-order valence-corrected chi connectivity index (χ2v) is 6.41. The van der Waals surface area contributed by atoms with Crippen LogP contribution < -0.4 is 0 Å². The van der Waals surface area contributed by atoms with Crippen LogP contribution >= 0.6 is 27.3 Å². The van der Waals surface area contributed by atoms with Crippen molar-refractivity contribution in [3.8, 4) is 0 Å². The first-order valence-corrected chi connectivity index (χ1v) is 7.81. The Labute approximate surface area is 119 Å². The highest BCUT2D eigenvalue weighted by atomic mass is 79.9. The normalized spacial score (nSPS) is 15.4. The Morgan fingerprint density at radius 1 is 1.22 bits per heavy atom. The van der Waals surface area contributed by atoms with Gasteiger partial charge in [0.1, 0.15) is 0 Å². The van der Waals surface area contributed by atoms with Crippen molar-refractivity contribution in [2.24, 2.45) is 0 Å². The number of carbonyl (C=O) groups excluding carboxylic acids is 1. The van der Waals surface area contributed by atoms with E-state index in [1.54, 1.807) is 0 Å². The maximum Gasteiger partial charge on any atom is 0.204 e. The van der Waals surface area contributed by atoms with Crippen LogP contribution in [0.1, 0.15) is 46.0 Å². The monoisotopic (exact) mass is 320 g/mol. The second-order valence-electron chi connectivity index (χ2n) is 4.64. The number of rotatable bonds is 3. The summed E-state index contributed by atoms with van der Waals surface area (Å²) < 4.78 is 0.904. The predicted octanol–water partition coefficient (Wildman–Crippen LogP) is 5.01. The fourth-order valence-electron chi connectivity index (χ4n) is 2.36. The predicted molar refractivity (Wildman–Crippen MR) is 78.5 cm³/mol. The summed E-state index contributed by atoms with van der Waals surface area (Å²) in [5.74, 6) is 0.739. The molecule has 0 N–H and O–H groups in total. The fraction of sp³-hybridized carbons (Fsp3) is 0.267. The molecule has 3 rings (SSSR count). The van der Waals surface area contributed by atoms with Crippen molar-refractivity contribution in [3.05, 3.63) is 56.2 Å². The average molecular weight is 321 g/mol. The third-order valence-corrected chi connectivity index (χ3v) is 5.41. The third-order valence-electron chi connectivity index (χ3n) is 3.57. The van der Waals surface area contributed by atoms with Gasteiger partial charge in [-0.05, 0) is 51.7 Å². The summed E-state index contributed by atoms with van der Waals surface area (Å²) >= 11 is 4.95. The lowest BCUT2D eigenvalue weighted by atomic mass is 9.77. The first-order chi connectivity index (χ1) is 8.77. The van der Waals surface area contributed by atoms with Gasteiger partial charge in [-0.1, -0.05) is 30.7 Å². The van der Waals surface area contributed by atoms with Crippen molar-refractivity contribution >= 4 is 33.0 Å². The molecule has 1 fully saturated rings. The van der Waals surface area contributed by atoms with Gasteiger partial charge in [0.2, 0.25) is 5.78 Å². The van der Waals surface area contributed by atoms with Gasteiger partial charge in [-0.3, -0.25) is 4.79 Å². The number of benzene rings is 1. The van der Waals surface area contributed by atoms with Crippen LogP contribution in [-0.2, 0) is 0 Å². The molecule has 1 nitrogen and oxygen atoms in total. The molecule has 1 aromatic heterocycles. The van der Waals surface area contributed by atoms with Crippen molar-refractivity contribution in [1.29, 1.82) is 0 Å². The van der Waals surface area contributed by atoms with E-state index >= 15 is 0 Å². The van der Waals surface area contributed by atoms with Crippen molar-refractivity contribution in [2.75, 3.05) is 0 Å². The lowest BCUT2D eigenvalue weighted by molar-refractivity contribution is 0.104. The summed E-state index contributed by atoms with van der Waals surface area (Å²) in [6, 6.07) is 10.00. The number of hydrogen-bond donors (Lipinski definition) is 0. The molecule has 0 bridgehead atoms. The number of thiophene rings is 1. The quantitative estimate of drug-likeness (QED) is 0.726. The summed E-state index contributed by atoms with van der Waals surface area (Å²) in [5.41, 5.74) is 2.11. The van der Waals surface area contributed by atoms with E-state index in [4.69, 9.17) is 0 Å². The summed E-state index contributed by atoms with van der Waals surface area (Å²) in [6.45, 7) is 0. The highest BCUT2D eigenvalue weighted by Gasteiger charge is 2.25. The molecule has 0 atom stereocenters. The van der Waals surface area contributed by atoms with Crippen molar-refractivity contribution in [1.82, 2.24) is 0 Å². The topological polar surface area (TPSA) is 17.1 Å². The molecule has 0 saturated heterocycles. The lowest BCUT2D eigenvalue weighted by Crippen LogP contribution is -2.14. The largest absolute Gasteiger partial charge is 0.288 e. The maximum atomic E-state index is 12.6. The Hall–Kier alpha value is -0.930. The molecular formula is C15H13BrOS. The summed E-state index contributed by atoms with van der Waals surface area (Å²) in [4.78, 5) is 13.4. The number of carbonyl (C=O) groups is 1. The number of ketones is 1. The summed E-state index contributed by atoms with van der Waals surface area (Å²) in [6.07, 6.45) is 3.72. The molecule has 1 heterocycles. The molecule has 1 aromatic carbocycles. The Balaban J connectivity index is 2.01. The highest BCUT2D eigenvalue weighted by Crippen LogP contribution is 2.39. The van der Waals surface area contributed by atoms with Crippen LogP contribution in [0.4, 0.5) is 0 Å². The Bertz CT molecular complexity index is 584. The molecule has 0 unspecified atom stereocenters. The van der Waals surface area contributed by atoms with E-state index in [1.165, 1.54) is 36.2 Å². The molecule has 0 aliphatic heterocycles. The average Bonchev–Trinajstić information content (AvgIpc) is 2.73. The van der Waals surface area contributed by atoms with Gasteiger partial charge in [0.05, 0.1) is 4.88 Å². The van der Waals surface area contributed by atoms with Crippen LogP contribution in [0.2, 0.25) is 0 Å². The Kier molecular flexibility index (Phi) is 3.35. The molecule has 1 aliphatic rings. The van der Waals surface area contributed by atoms with Crippen LogP contribution in [0.15, 0.2) is 40.2 Å². The molecule has 0 spiro atoms. The molecular weight excluding hydrogens is 308 g/mol. The smallest absolute Gasteiger partial charge is 0.204 e. The van der Waals surface area contributed by atoms with Gasteiger partial charge in [0, 0.05) is 10.0 Å². The Morgan fingerprint density at radius 2 is 2.00 bits per heavy atom. The fourth-order valence-corrected chi connectivity index (χ4v) is 3.86. The van der Waals surface area contributed by atoms with E-state index in [0.717, 1.165) is 14.9 Å². The van der Waals surface area contributed by atoms with Gasteiger partial charge in [-0.2, -0.15) is 0 Å². The van der Waals surface area contributed by atoms with Crippen LogP contribution in [0, 0.1) is 0 Å². The third kappa shape index (κ3) is 2.06. The minimum Gasteiger partial charge on any atom is -0.288 e. The minimum atomic E-state index is 0.152. The van der Waals surface area contributed by atoms with Crippen LogP contribution in [0.5, 0.6) is 0 Å². The molecule has 18 heavy (non-hydrogen) atoms. The summed E-state index contributed by atoms with van der Waals surface area (Å²) in [7, 11) is 0. The lowest BCUT2D eigenvalue weighted by Gasteiger charge is -2.27. The summed E-state index contributed by atoms with van der Waals surface area (Å²) in [5, 5.41) is 1.95. The Morgan fingerprint density at radius 3 is 2.61 bits per heavy atom. The van der Waals surface area contributed by atoms with E-state index in [2.05, 4.69) is 22.0 Å². The molecule has 0 radical (unpaired) electrons. The number of halogens is 1. The zero-order valence-electron chi connectivity index (χ0n) is 9.86.